The van der Waals surface area contributed by atoms with E-state index in [2.05, 4.69) is 10.0 Å². The molecule has 1 amide bonds. The number of carbonyl (C=O) groups excluding carboxylic acids is 1. The highest BCUT2D eigenvalue weighted by atomic mass is 32.2. The van der Waals surface area contributed by atoms with Gasteiger partial charge in [-0.15, -0.1) is 0 Å². The van der Waals surface area contributed by atoms with Crippen molar-refractivity contribution in [2.24, 2.45) is 5.41 Å². The summed E-state index contributed by atoms with van der Waals surface area (Å²) < 4.78 is 32.6. The number of carbonyl (C=O) groups is 1. The number of amides is 1. The maximum atomic E-state index is 12.4. The third-order valence-corrected chi connectivity index (χ3v) is 6.76. The number of ether oxygens (including phenoxy) is 1. The summed E-state index contributed by atoms with van der Waals surface area (Å²) in [6.45, 7) is 0.567. The molecular weight excluding hydrogens is 340 g/mol. The van der Waals surface area contributed by atoms with Crippen LogP contribution in [0, 0.1) is 5.41 Å². The molecule has 0 saturated heterocycles. The fourth-order valence-corrected chi connectivity index (χ4v) is 4.66. The predicted octanol–water partition coefficient (Wildman–Crippen LogP) is 2.66. The van der Waals surface area contributed by atoms with Crippen LogP contribution in [0.3, 0.4) is 0 Å². The molecule has 0 heterocycles. The molecule has 0 unspecified atom stereocenters. The minimum absolute atomic E-state index is 0.00997. The van der Waals surface area contributed by atoms with E-state index in [9.17, 15) is 13.2 Å². The van der Waals surface area contributed by atoms with E-state index in [-0.39, 0.29) is 22.3 Å². The molecule has 0 spiro atoms. The first-order valence-electron chi connectivity index (χ1n) is 8.88. The minimum atomic E-state index is -3.50. The molecule has 2 fully saturated rings. The first-order valence-corrected chi connectivity index (χ1v) is 10.4. The summed E-state index contributed by atoms with van der Waals surface area (Å²) in [5, 5.41) is 2.90. The molecule has 0 atom stereocenters. The zero-order chi connectivity index (χ0) is 17.9. The Balaban J connectivity index is 1.61. The van der Waals surface area contributed by atoms with E-state index in [0.29, 0.717) is 18.7 Å². The molecule has 2 aliphatic rings. The van der Waals surface area contributed by atoms with Gasteiger partial charge in [0.25, 0.3) is 0 Å². The fraction of sp³-hybridized carbons (Fsp3) is 0.611. The summed E-state index contributed by atoms with van der Waals surface area (Å²) in [5.41, 5.74) is 0.304. The Bertz CT molecular complexity index is 705. The van der Waals surface area contributed by atoms with Crippen LogP contribution >= 0.6 is 0 Å². The molecule has 1 aromatic rings. The van der Waals surface area contributed by atoms with Gasteiger partial charge in [0, 0.05) is 25.4 Å². The van der Waals surface area contributed by atoms with Crippen LogP contribution in [0.2, 0.25) is 0 Å². The van der Waals surface area contributed by atoms with Crippen LogP contribution in [0.25, 0.3) is 0 Å². The topological polar surface area (TPSA) is 84.5 Å². The summed E-state index contributed by atoms with van der Waals surface area (Å²) in [6.07, 6.45) is 6.41. The zero-order valence-electron chi connectivity index (χ0n) is 14.6. The van der Waals surface area contributed by atoms with Gasteiger partial charge in [-0.3, -0.25) is 4.79 Å². The highest BCUT2D eigenvalue weighted by molar-refractivity contribution is 7.89. The van der Waals surface area contributed by atoms with Gasteiger partial charge in [0.05, 0.1) is 10.3 Å². The van der Waals surface area contributed by atoms with Gasteiger partial charge in [0.15, 0.2) is 0 Å². The van der Waals surface area contributed by atoms with Gasteiger partial charge in [-0.1, -0.05) is 12.8 Å². The van der Waals surface area contributed by atoms with E-state index < -0.39 is 10.0 Å². The van der Waals surface area contributed by atoms with Crippen LogP contribution in [-0.4, -0.2) is 34.1 Å². The Hall–Kier alpha value is -1.44. The fourth-order valence-electron chi connectivity index (χ4n) is 3.35. The summed E-state index contributed by atoms with van der Waals surface area (Å²) in [6, 6.07) is 6.42. The summed E-state index contributed by atoms with van der Waals surface area (Å²) in [7, 11) is -1.86. The molecular formula is C18H26N2O4S. The summed E-state index contributed by atoms with van der Waals surface area (Å²) in [5.74, 6) is -0.00997. The standard InChI is InChI=1S/C18H26N2O4S/c1-24-13-12-18(10-11-18)17(21)19-14-6-8-16(9-7-14)25(22,23)20-15-4-2-3-5-15/h6-9,15,20H,2-5,10-13H2,1H3,(H,19,21). The Morgan fingerprint density at radius 2 is 1.84 bits per heavy atom. The van der Waals surface area contributed by atoms with Crippen LogP contribution in [0.4, 0.5) is 5.69 Å². The molecule has 0 aliphatic heterocycles. The van der Waals surface area contributed by atoms with Crippen molar-refractivity contribution in [3.63, 3.8) is 0 Å². The molecule has 2 N–H and O–H groups in total. The largest absolute Gasteiger partial charge is 0.385 e. The SMILES string of the molecule is COCCC1(C(=O)Nc2ccc(S(=O)(=O)NC3CCCC3)cc2)CC1. The second kappa shape index (κ2) is 7.43. The van der Waals surface area contributed by atoms with E-state index in [1.807, 2.05) is 0 Å². The molecule has 2 saturated carbocycles. The van der Waals surface area contributed by atoms with Gasteiger partial charge < -0.3 is 10.1 Å². The number of sulfonamides is 1. The normalized spacial score (nSPS) is 19.7. The Morgan fingerprint density at radius 3 is 2.40 bits per heavy atom. The third-order valence-electron chi connectivity index (χ3n) is 5.22. The van der Waals surface area contributed by atoms with Gasteiger partial charge >= 0.3 is 0 Å². The van der Waals surface area contributed by atoms with Crippen LogP contribution in [0.15, 0.2) is 29.2 Å². The van der Waals surface area contributed by atoms with Crippen molar-refractivity contribution in [1.29, 1.82) is 0 Å². The van der Waals surface area contributed by atoms with Crippen molar-refractivity contribution in [2.45, 2.75) is 55.9 Å². The zero-order valence-corrected chi connectivity index (χ0v) is 15.4. The molecule has 0 bridgehead atoms. The van der Waals surface area contributed by atoms with Crippen LogP contribution in [0.1, 0.15) is 44.9 Å². The second-order valence-corrected chi connectivity index (χ2v) is 8.82. The number of anilines is 1. The maximum Gasteiger partial charge on any atom is 0.240 e. The van der Waals surface area contributed by atoms with Crippen LogP contribution in [-0.2, 0) is 19.6 Å². The average Bonchev–Trinajstić information content (AvgIpc) is 3.23. The molecule has 0 radical (unpaired) electrons. The lowest BCUT2D eigenvalue weighted by atomic mass is 10.0. The maximum absolute atomic E-state index is 12.4. The lowest BCUT2D eigenvalue weighted by Crippen LogP contribution is -2.32. The Morgan fingerprint density at radius 1 is 1.20 bits per heavy atom. The molecule has 25 heavy (non-hydrogen) atoms. The summed E-state index contributed by atoms with van der Waals surface area (Å²) >= 11 is 0. The van der Waals surface area contributed by atoms with Gasteiger partial charge in [-0.2, -0.15) is 0 Å². The van der Waals surface area contributed by atoms with Crippen LogP contribution < -0.4 is 10.0 Å². The first-order chi connectivity index (χ1) is 12.0. The first kappa shape index (κ1) is 18.4. The van der Waals surface area contributed by atoms with Gasteiger partial charge in [0.2, 0.25) is 15.9 Å². The number of benzene rings is 1. The van der Waals surface area contributed by atoms with Crippen molar-refractivity contribution in [1.82, 2.24) is 4.72 Å². The number of methoxy groups -OCH3 is 1. The molecule has 3 rings (SSSR count). The molecule has 7 heteroatoms. The number of hydrogen-bond donors (Lipinski definition) is 2. The Labute approximate surface area is 149 Å². The molecule has 2 aliphatic carbocycles. The van der Waals surface area contributed by atoms with E-state index >= 15 is 0 Å². The van der Waals surface area contributed by atoms with Crippen LogP contribution in [0.5, 0.6) is 0 Å². The predicted molar refractivity (Wildman–Crippen MR) is 95.8 cm³/mol. The highest BCUT2D eigenvalue weighted by Crippen LogP contribution is 2.49. The molecule has 1 aromatic carbocycles. The van der Waals surface area contributed by atoms with E-state index in [4.69, 9.17) is 4.74 Å². The molecule has 6 nitrogen and oxygen atoms in total. The van der Waals surface area contributed by atoms with E-state index in [1.165, 1.54) is 0 Å². The van der Waals surface area contributed by atoms with E-state index in [1.54, 1.807) is 31.4 Å². The third kappa shape index (κ3) is 4.40. The van der Waals surface area contributed by atoms with Crippen molar-refractivity contribution in [2.75, 3.05) is 19.0 Å². The highest BCUT2D eigenvalue weighted by Gasteiger charge is 2.49. The van der Waals surface area contributed by atoms with Gasteiger partial charge in [0.1, 0.15) is 0 Å². The number of hydrogen-bond acceptors (Lipinski definition) is 4. The molecule has 138 valence electrons. The van der Waals surface area contributed by atoms with Crippen molar-refractivity contribution in [3.8, 4) is 0 Å². The number of rotatable bonds is 8. The van der Waals surface area contributed by atoms with Crippen molar-refractivity contribution < 1.29 is 17.9 Å². The van der Waals surface area contributed by atoms with Gasteiger partial charge in [-0.25, -0.2) is 13.1 Å². The van der Waals surface area contributed by atoms with Crippen molar-refractivity contribution >= 4 is 21.6 Å². The van der Waals surface area contributed by atoms with Crippen molar-refractivity contribution in [3.05, 3.63) is 24.3 Å². The molecule has 0 aromatic heterocycles. The lowest BCUT2D eigenvalue weighted by Gasteiger charge is -2.15. The van der Waals surface area contributed by atoms with Gasteiger partial charge in [-0.05, 0) is 56.4 Å². The number of nitrogens with one attached hydrogen (secondary N) is 2. The Kier molecular flexibility index (Phi) is 5.46. The summed E-state index contributed by atoms with van der Waals surface area (Å²) in [4.78, 5) is 12.7. The smallest absolute Gasteiger partial charge is 0.240 e. The second-order valence-electron chi connectivity index (χ2n) is 7.10. The lowest BCUT2D eigenvalue weighted by molar-refractivity contribution is -0.121. The van der Waals surface area contributed by atoms with E-state index in [0.717, 1.165) is 38.5 Å². The minimum Gasteiger partial charge on any atom is -0.385 e. The average molecular weight is 366 g/mol. The quantitative estimate of drug-likeness (QED) is 0.741. The monoisotopic (exact) mass is 366 g/mol.